The van der Waals surface area contributed by atoms with Crippen molar-refractivity contribution in [1.82, 2.24) is 20.5 Å². The van der Waals surface area contributed by atoms with Crippen molar-refractivity contribution >= 4 is 0 Å². The van der Waals surface area contributed by atoms with Crippen LogP contribution in [0.2, 0.25) is 0 Å². The molecule has 8 heavy (non-hydrogen) atoms. The number of hydrazine groups is 4. The van der Waals surface area contributed by atoms with Crippen LogP contribution in [-0.4, -0.2) is 44.6 Å². The Balaban J connectivity index is 2.00. The average molecular weight is 108 g/mol. The Hall–Kier alpha value is -0.160. The molecule has 0 atom stereocenters. The topological polar surface area (TPSA) is 13.0 Å². The Morgan fingerprint density at radius 1 is 0.500 bits per heavy atom. The summed E-state index contributed by atoms with van der Waals surface area (Å²) in [5.41, 5.74) is 0. The van der Waals surface area contributed by atoms with Crippen molar-refractivity contribution in [2.45, 2.75) is 24.2 Å². The molecule has 0 bridgehead atoms. The Kier molecular flexibility index (Phi) is 0.134. The van der Waals surface area contributed by atoms with E-state index in [2.05, 4.69) is 20.5 Å². The maximum atomic E-state index is 2.36. The van der Waals surface area contributed by atoms with Gasteiger partial charge in [-0.15, -0.1) is 20.5 Å². The molecule has 0 radical (unpaired) electrons. The molecule has 0 spiro atoms. The molecule has 1 aliphatic carbocycles. The highest BCUT2D eigenvalue weighted by atomic mass is 16.4. The van der Waals surface area contributed by atoms with Crippen molar-refractivity contribution in [2.24, 2.45) is 0 Å². The van der Waals surface area contributed by atoms with Crippen molar-refractivity contribution in [1.29, 1.82) is 0 Å². The van der Waals surface area contributed by atoms with Crippen LogP contribution in [-0.2, 0) is 0 Å². The Bertz CT molecular complexity index is 118. The van der Waals surface area contributed by atoms with Crippen molar-refractivity contribution in [2.75, 3.05) is 0 Å². The third-order valence-electron chi connectivity index (χ3n) is 3.31. The fourth-order valence-electron chi connectivity index (χ4n) is 2.91. The molecule has 5 saturated heterocycles. The molecule has 1 saturated carbocycles. The minimum absolute atomic E-state index is 0.977. The van der Waals surface area contributed by atoms with E-state index in [1.165, 1.54) is 0 Å². The molecular formula is C4H4N4. The molecule has 4 nitrogen and oxygen atoms in total. The molecule has 6 fully saturated rings. The normalized spacial score (nSPS) is 81.0. The zero-order chi connectivity index (χ0) is 4.62. The molecular weight excluding hydrogens is 104 g/mol. The lowest BCUT2D eigenvalue weighted by Crippen LogP contribution is -3.26. The largest absolute Gasteiger partial charge is 0.137 e. The van der Waals surface area contributed by atoms with E-state index in [0.717, 1.165) is 24.2 Å². The second-order valence-corrected chi connectivity index (χ2v) is 3.24. The van der Waals surface area contributed by atoms with Crippen LogP contribution in [0, 0.1) is 0 Å². The van der Waals surface area contributed by atoms with E-state index < -0.39 is 0 Å². The zero-order valence-corrected chi connectivity index (χ0v) is 4.10. The summed E-state index contributed by atoms with van der Waals surface area (Å²) in [5, 5.41) is 9.43. The fourth-order valence-corrected chi connectivity index (χ4v) is 2.91. The van der Waals surface area contributed by atoms with E-state index in [-0.39, 0.29) is 0 Å². The van der Waals surface area contributed by atoms with E-state index >= 15 is 0 Å². The van der Waals surface area contributed by atoms with Gasteiger partial charge in [-0.05, 0) is 0 Å². The highest BCUT2D eigenvalue weighted by molar-refractivity contribution is 5.38. The highest BCUT2D eigenvalue weighted by Gasteiger charge is 2.98. The highest BCUT2D eigenvalue weighted by Crippen LogP contribution is 2.74. The van der Waals surface area contributed by atoms with Crippen LogP contribution in [0.15, 0.2) is 0 Å². The molecule has 4 heteroatoms. The standard InChI is InChI=1S/C4H4N4/c1-2-4-3(1)7-5(1)6(2)8(4)7/h1-4H. The van der Waals surface area contributed by atoms with Gasteiger partial charge in [0.25, 0.3) is 0 Å². The van der Waals surface area contributed by atoms with E-state index in [9.17, 15) is 0 Å². The summed E-state index contributed by atoms with van der Waals surface area (Å²) in [7, 11) is 0. The summed E-state index contributed by atoms with van der Waals surface area (Å²) in [5.74, 6) is 0. The lowest BCUT2D eigenvalue weighted by Gasteiger charge is -3.03. The molecule has 5 aliphatic heterocycles. The molecule has 0 aromatic carbocycles. The molecule has 6 rings (SSSR count). The van der Waals surface area contributed by atoms with E-state index in [0.29, 0.717) is 0 Å². The third kappa shape index (κ3) is 0.0598. The smallest absolute Gasteiger partial charge is 0.0838 e. The minimum atomic E-state index is 0.977. The first-order valence-corrected chi connectivity index (χ1v) is 3.17. The van der Waals surface area contributed by atoms with Gasteiger partial charge in [-0.25, -0.2) is 0 Å². The monoisotopic (exact) mass is 108 g/mol. The fraction of sp³-hybridized carbons (Fsp3) is 1.00. The maximum Gasteiger partial charge on any atom is 0.0838 e. The van der Waals surface area contributed by atoms with Gasteiger partial charge in [0.05, 0.1) is 24.2 Å². The number of nitrogens with zero attached hydrogens (tertiary/aromatic N) is 4. The van der Waals surface area contributed by atoms with Crippen LogP contribution in [0.4, 0.5) is 0 Å². The average Bonchev–Trinajstić information content (AvgIpc) is 1.90. The van der Waals surface area contributed by atoms with E-state index in [1.807, 2.05) is 0 Å². The Labute approximate surface area is 45.7 Å². The molecule has 0 amide bonds. The predicted molar refractivity (Wildman–Crippen MR) is 22.5 cm³/mol. The number of hydrogen-bond donors (Lipinski definition) is 0. The van der Waals surface area contributed by atoms with Gasteiger partial charge < -0.3 is 0 Å². The van der Waals surface area contributed by atoms with Gasteiger partial charge in [0.1, 0.15) is 0 Å². The van der Waals surface area contributed by atoms with Gasteiger partial charge in [-0.3, -0.25) is 0 Å². The van der Waals surface area contributed by atoms with Gasteiger partial charge in [0, 0.05) is 0 Å². The molecule has 0 aromatic rings. The summed E-state index contributed by atoms with van der Waals surface area (Å²) in [6.45, 7) is 0. The van der Waals surface area contributed by atoms with Gasteiger partial charge in [0.2, 0.25) is 0 Å². The lowest BCUT2D eigenvalue weighted by atomic mass is 9.60. The van der Waals surface area contributed by atoms with Crippen LogP contribution in [0.25, 0.3) is 0 Å². The first kappa shape index (κ1) is 2.62. The zero-order valence-electron chi connectivity index (χ0n) is 4.10. The molecule has 6 aliphatic rings. The SMILES string of the molecule is C12C3C4C1N1N2N3N41. The minimum Gasteiger partial charge on any atom is -0.137 e. The predicted octanol–water partition coefficient (Wildman–Crippen LogP) is -1.60. The van der Waals surface area contributed by atoms with Crippen LogP contribution in [0.5, 0.6) is 0 Å². The van der Waals surface area contributed by atoms with E-state index in [1.54, 1.807) is 0 Å². The van der Waals surface area contributed by atoms with Crippen molar-refractivity contribution in [3.63, 3.8) is 0 Å². The van der Waals surface area contributed by atoms with Crippen LogP contribution >= 0.6 is 0 Å². The van der Waals surface area contributed by atoms with Crippen molar-refractivity contribution in [3.05, 3.63) is 0 Å². The van der Waals surface area contributed by atoms with Gasteiger partial charge in [-0.1, -0.05) is 0 Å². The Morgan fingerprint density at radius 3 is 0.875 bits per heavy atom. The van der Waals surface area contributed by atoms with E-state index in [4.69, 9.17) is 0 Å². The van der Waals surface area contributed by atoms with Crippen LogP contribution in [0.3, 0.4) is 0 Å². The first-order valence-electron chi connectivity index (χ1n) is 3.17. The molecule has 0 N–H and O–H groups in total. The summed E-state index contributed by atoms with van der Waals surface area (Å²) in [4.78, 5) is 0. The Morgan fingerprint density at radius 2 is 0.750 bits per heavy atom. The maximum absolute atomic E-state index is 2.36. The summed E-state index contributed by atoms with van der Waals surface area (Å²) in [6.07, 6.45) is 0. The first-order chi connectivity index (χ1) is 4.00. The number of rotatable bonds is 0. The summed E-state index contributed by atoms with van der Waals surface area (Å²) < 4.78 is 0. The number of hydrogen-bond acceptors (Lipinski definition) is 4. The molecule has 0 aromatic heterocycles. The molecule has 5 heterocycles. The second kappa shape index (κ2) is 0.410. The summed E-state index contributed by atoms with van der Waals surface area (Å²) in [6, 6.07) is 3.91. The van der Waals surface area contributed by atoms with Crippen LogP contribution < -0.4 is 0 Å². The third-order valence-corrected chi connectivity index (χ3v) is 3.31. The molecule has 40 valence electrons. The van der Waals surface area contributed by atoms with Gasteiger partial charge >= 0.3 is 0 Å². The molecule has 0 unspecified atom stereocenters. The summed E-state index contributed by atoms with van der Waals surface area (Å²) >= 11 is 0. The second-order valence-electron chi connectivity index (χ2n) is 3.24. The van der Waals surface area contributed by atoms with Gasteiger partial charge in [-0.2, -0.15) is 0 Å². The van der Waals surface area contributed by atoms with Crippen molar-refractivity contribution in [3.8, 4) is 0 Å². The lowest BCUT2D eigenvalue weighted by molar-refractivity contribution is -0.808. The van der Waals surface area contributed by atoms with Crippen LogP contribution in [0.1, 0.15) is 0 Å². The van der Waals surface area contributed by atoms with Crippen molar-refractivity contribution < 1.29 is 0 Å². The quantitative estimate of drug-likeness (QED) is 0.370. The van der Waals surface area contributed by atoms with Gasteiger partial charge in [0.15, 0.2) is 0 Å².